The van der Waals surface area contributed by atoms with E-state index in [1.165, 1.54) is 18.4 Å². The predicted molar refractivity (Wildman–Crippen MR) is 76.8 cm³/mol. The van der Waals surface area contributed by atoms with E-state index < -0.39 is 22.2 Å². The van der Waals surface area contributed by atoms with Crippen LogP contribution in [0.4, 0.5) is 0 Å². The molecule has 0 radical (unpaired) electrons. The molecule has 1 atom stereocenters. The van der Waals surface area contributed by atoms with Crippen molar-refractivity contribution in [3.8, 4) is 0 Å². The van der Waals surface area contributed by atoms with E-state index in [1.54, 1.807) is 13.1 Å². The summed E-state index contributed by atoms with van der Waals surface area (Å²) in [4.78, 5) is 15.7. The van der Waals surface area contributed by atoms with Crippen LogP contribution in [-0.4, -0.2) is 42.4 Å². The highest BCUT2D eigenvalue weighted by Crippen LogP contribution is 2.21. The van der Waals surface area contributed by atoms with Crippen molar-refractivity contribution in [1.82, 2.24) is 14.0 Å². The van der Waals surface area contributed by atoms with Gasteiger partial charge in [-0.1, -0.05) is 6.92 Å². The number of thiazole rings is 1. The highest BCUT2D eigenvalue weighted by Gasteiger charge is 2.22. The lowest BCUT2D eigenvalue weighted by Crippen LogP contribution is -2.40. The summed E-state index contributed by atoms with van der Waals surface area (Å²) in [5.41, 5.74) is 0. The molecule has 0 bridgehead atoms. The zero-order chi connectivity index (χ0) is 15.3. The number of hydrogen-bond acceptors (Lipinski definition) is 5. The molecule has 1 aromatic rings. The monoisotopic (exact) mass is 321 g/mol. The summed E-state index contributed by atoms with van der Waals surface area (Å²) < 4.78 is 27.5. The number of aromatic nitrogens is 1. The van der Waals surface area contributed by atoms with Gasteiger partial charge < -0.3 is 5.11 Å². The Hall–Kier alpha value is -1.03. The quantitative estimate of drug-likeness (QED) is 0.744. The topological polar surface area (TPSA) is 99.6 Å². The maximum atomic E-state index is 12.0. The number of rotatable bonds is 8. The number of carbonyl (C=O) groups is 1. The molecule has 0 spiro atoms. The van der Waals surface area contributed by atoms with E-state index in [-0.39, 0.29) is 13.0 Å². The fourth-order valence-corrected chi connectivity index (χ4v) is 3.43. The largest absolute Gasteiger partial charge is 0.481 e. The molecule has 0 saturated heterocycles. The molecular weight excluding hydrogens is 302 g/mol. The molecule has 0 aromatic carbocycles. The maximum absolute atomic E-state index is 12.0. The Balaban J connectivity index is 2.67. The summed E-state index contributed by atoms with van der Waals surface area (Å²) in [5, 5.41) is 9.26. The first-order chi connectivity index (χ1) is 9.26. The second kappa shape index (κ2) is 7.11. The standard InChI is InChI=1S/C11H19N3O4S2/c1-4-9-7-12-11(19-9)8(2)13-20(17,18)14(3)6-5-10(15)16/h7-8,13H,4-6H2,1-3H3,(H,15,16). The van der Waals surface area contributed by atoms with Gasteiger partial charge in [0.25, 0.3) is 10.2 Å². The molecule has 0 aliphatic heterocycles. The first kappa shape index (κ1) is 17.0. The summed E-state index contributed by atoms with van der Waals surface area (Å²) >= 11 is 1.46. The lowest BCUT2D eigenvalue weighted by molar-refractivity contribution is -0.137. The molecule has 0 aliphatic carbocycles. The average Bonchev–Trinajstić information content (AvgIpc) is 2.84. The zero-order valence-electron chi connectivity index (χ0n) is 11.7. The number of hydrogen-bond donors (Lipinski definition) is 2. The molecule has 114 valence electrons. The van der Waals surface area contributed by atoms with Crippen LogP contribution >= 0.6 is 11.3 Å². The van der Waals surface area contributed by atoms with E-state index in [0.29, 0.717) is 5.01 Å². The molecule has 1 heterocycles. The van der Waals surface area contributed by atoms with Crippen LogP contribution in [0.25, 0.3) is 0 Å². The van der Waals surface area contributed by atoms with E-state index in [1.807, 2.05) is 6.92 Å². The Morgan fingerprint density at radius 3 is 2.75 bits per heavy atom. The summed E-state index contributed by atoms with van der Waals surface area (Å²) in [6.07, 6.45) is 2.36. The van der Waals surface area contributed by atoms with Crippen LogP contribution in [0.2, 0.25) is 0 Å². The highest BCUT2D eigenvalue weighted by atomic mass is 32.2. The smallest absolute Gasteiger partial charge is 0.304 e. The minimum Gasteiger partial charge on any atom is -0.481 e. The Kier molecular flexibility index (Phi) is 6.06. The van der Waals surface area contributed by atoms with Crippen molar-refractivity contribution < 1.29 is 18.3 Å². The molecule has 0 saturated carbocycles. The van der Waals surface area contributed by atoms with Crippen LogP contribution in [-0.2, 0) is 21.4 Å². The van der Waals surface area contributed by atoms with Gasteiger partial charge in [-0.15, -0.1) is 11.3 Å². The van der Waals surface area contributed by atoms with E-state index >= 15 is 0 Å². The van der Waals surface area contributed by atoms with Gasteiger partial charge >= 0.3 is 5.97 Å². The zero-order valence-corrected chi connectivity index (χ0v) is 13.3. The predicted octanol–water partition coefficient (Wildman–Crippen LogP) is 1.01. The van der Waals surface area contributed by atoms with Crippen molar-refractivity contribution in [1.29, 1.82) is 0 Å². The van der Waals surface area contributed by atoms with E-state index in [4.69, 9.17) is 5.11 Å². The van der Waals surface area contributed by atoms with Gasteiger partial charge in [0.1, 0.15) is 5.01 Å². The lowest BCUT2D eigenvalue weighted by Gasteiger charge is -2.19. The normalized spacial score (nSPS) is 13.6. The summed E-state index contributed by atoms with van der Waals surface area (Å²) in [6, 6.07) is -0.447. The Bertz CT molecular complexity index is 556. The molecule has 2 N–H and O–H groups in total. The van der Waals surface area contributed by atoms with Crippen LogP contribution in [0.5, 0.6) is 0 Å². The van der Waals surface area contributed by atoms with Crippen molar-refractivity contribution in [2.45, 2.75) is 32.7 Å². The van der Waals surface area contributed by atoms with E-state index in [2.05, 4.69) is 9.71 Å². The van der Waals surface area contributed by atoms with Gasteiger partial charge in [0.05, 0.1) is 12.5 Å². The van der Waals surface area contributed by atoms with Crippen LogP contribution in [0, 0.1) is 0 Å². The summed E-state index contributed by atoms with van der Waals surface area (Å²) in [5.74, 6) is -1.03. The highest BCUT2D eigenvalue weighted by molar-refractivity contribution is 7.87. The van der Waals surface area contributed by atoms with Gasteiger partial charge in [-0.3, -0.25) is 4.79 Å². The molecule has 1 rings (SSSR count). The van der Waals surface area contributed by atoms with Gasteiger partial charge in [-0.2, -0.15) is 17.4 Å². The van der Waals surface area contributed by atoms with Gasteiger partial charge in [-0.25, -0.2) is 4.98 Å². The van der Waals surface area contributed by atoms with Crippen molar-refractivity contribution in [3.63, 3.8) is 0 Å². The number of nitrogens with zero attached hydrogens (tertiary/aromatic N) is 2. The lowest BCUT2D eigenvalue weighted by atomic mass is 10.4. The number of carboxylic acid groups (broad SMARTS) is 1. The minimum atomic E-state index is -3.71. The van der Waals surface area contributed by atoms with Gasteiger partial charge in [0, 0.05) is 24.7 Å². The third-order valence-corrected chi connectivity index (χ3v) is 5.65. The van der Waals surface area contributed by atoms with E-state index in [0.717, 1.165) is 15.6 Å². The van der Waals surface area contributed by atoms with Crippen molar-refractivity contribution >= 4 is 27.5 Å². The van der Waals surface area contributed by atoms with Crippen LogP contribution in [0.3, 0.4) is 0 Å². The Labute approximate surface area is 122 Å². The number of nitrogens with one attached hydrogen (secondary N) is 1. The molecule has 20 heavy (non-hydrogen) atoms. The molecule has 9 heteroatoms. The Morgan fingerprint density at radius 1 is 1.60 bits per heavy atom. The number of carboxylic acids is 1. The van der Waals surface area contributed by atoms with Crippen LogP contribution in [0.1, 0.15) is 36.2 Å². The molecule has 1 aromatic heterocycles. The first-order valence-corrected chi connectivity index (χ1v) is 8.42. The third kappa shape index (κ3) is 4.82. The SMILES string of the molecule is CCc1cnc(C(C)NS(=O)(=O)N(C)CCC(=O)O)s1. The third-order valence-electron chi connectivity index (χ3n) is 2.67. The van der Waals surface area contributed by atoms with Gasteiger partial charge in [0.15, 0.2) is 0 Å². The summed E-state index contributed by atoms with van der Waals surface area (Å²) in [6.45, 7) is 3.64. The van der Waals surface area contributed by atoms with Crippen molar-refractivity contribution in [2.75, 3.05) is 13.6 Å². The fourth-order valence-electron chi connectivity index (χ4n) is 1.42. The van der Waals surface area contributed by atoms with Crippen molar-refractivity contribution in [3.05, 3.63) is 16.1 Å². The molecule has 0 amide bonds. The van der Waals surface area contributed by atoms with Crippen molar-refractivity contribution in [2.24, 2.45) is 0 Å². The fraction of sp³-hybridized carbons (Fsp3) is 0.636. The molecule has 0 aliphatic rings. The molecule has 0 fully saturated rings. The van der Waals surface area contributed by atoms with Crippen LogP contribution in [0.15, 0.2) is 6.20 Å². The molecule has 7 nitrogen and oxygen atoms in total. The van der Waals surface area contributed by atoms with Gasteiger partial charge in [0.2, 0.25) is 0 Å². The molecule has 1 unspecified atom stereocenters. The second-order valence-corrected chi connectivity index (χ2v) is 7.28. The average molecular weight is 321 g/mol. The molecular formula is C11H19N3O4S2. The van der Waals surface area contributed by atoms with Crippen LogP contribution < -0.4 is 4.72 Å². The van der Waals surface area contributed by atoms with Gasteiger partial charge in [-0.05, 0) is 13.3 Å². The first-order valence-electron chi connectivity index (χ1n) is 6.16. The maximum Gasteiger partial charge on any atom is 0.304 e. The number of aryl methyl sites for hydroxylation is 1. The Morgan fingerprint density at radius 2 is 2.25 bits per heavy atom. The number of aliphatic carboxylic acids is 1. The second-order valence-electron chi connectivity index (χ2n) is 4.33. The van der Waals surface area contributed by atoms with E-state index in [9.17, 15) is 13.2 Å². The summed E-state index contributed by atoms with van der Waals surface area (Å²) in [7, 11) is -2.37. The minimum absolute atomic E-state index is 0.0739.